The van der Waals surface area contributed by atoms with Crippen LogP contribution in [0.1, 0.15) is 37.5 Å². The van der Waals surface area contributed by atoms with E-state index in [1.54, 1.807) is 18.2 Å². The van der Waals surface area contributed by atoms with Crippen LogP contribution in [0.4, 0.5) is 23.2 Å². The lowest BCUT2D eigenvalue weighted by Crippen LogP contribution is -2.26. The monoisotopic (exact) mass is 542 g/mol. The van der Waals surface area contributed by atoms with Crippen LogP contribution < -0.4 is 20.7 Å². The van der Waals surface area contributed by atoms with Gasteiger partial charge in [0.2, 0.25) is 0 Å². The van der Waals surface area contributed by atoms with Crippen molar-refractivity contribution in [2.75, 3.05) is 11.9 Å². The maximum absolute atomic E-state index is 13.5. The number of alkyl halides is 3. The molecule has 200 valence electrons. The fourth-order valence-corrected chi connectivity index (χ4v) is 3.97. The Labute approximate surface area is 216 Å². The number of H-pyrrole nitrogens is 1. The fourth-order valence-electron chi connectivity index (χ4n) is 3.97. The molecule has 4 N–H and O–H groups in total. The van der Waals surface area contributed by atoms with Gasteiger partial charge in [0, 0.05) is 19.3 Å². The van der Waals surface area contributed by atoms with Gasteiger partial charge in [-0.05, 0) is 35.4 Å². The Morgan fingerprint density at radius 2 is 1.72 bits per heavy atom. The van der Waals surface area contributed by atoms with E-state index >= 15 is 0 Å². The Morgan fingerprint density at radius 3 is 2.49 bits per heavy atom. The average Bonchev–Trinajstić information content (AvgIpc) is 3.34. The van der Waals surface area contributed by atoms with Crippen LogP contribution in [0.2, 0.25) is 0 Å². The number of nitrogens with zero attached hydrogens (tertiary/aromatic N) is 2. The Balaban J connectivity index is 1.28. The minimum absolute atomic E-state index is 0.0324. The van der Waals surface area contributed by atoms with Gasteiger partial charge < -0.3 is 25.7 Å². The average molecular weight is 542 g/mol. The van der Waals surface area contributed by atoms with Crippen LogP contribution in [0.15, 0.2) is 48.9 Å². The van der Waals surface area contributed by atoms with Crippen molar-refractivity contribution in [3.8, 4) is 5.75 Å². The number of amides is 3. The summed E-state index contributed by atoms with van der Waals surface area (Å²) in [6.45, 7) is -0.285. The van der Waals surface area contributed by atoms with Crippen molar-refractivity contribution in [1.82, 2.24) is 25.6 Å². The number of carbonyl (C=O) groups excluding carboxylic acids is 3. The summed E-state index contributed by atoms with van der Waals surface area (Å²) in [5.41, 5.74) is 0.0610. The van der Waals surface area contributed by atoms with Crippen molar-refractivity contribution in [2.45, 2.75) is 19.3 Å². The molecule has 0 radical (unpaired) electrons. The van der Waals surface area contributed by atoms with Crippen LogP contribution in [0.3, 0.4) is 0 Å². The van der Waals surface area contributed by atoms with E-state index in [1.807, 2.05) is 0 Å². The summed E-state index contributed by atoms with van der Waals surface area (Å²) >= 11 is 0. The highest BCUT2D eigenvalue weighted by molar-refractivity contribution is 6.10. The summed E-state index contributed by atoms with van der Waals surface area (Å²) in [7, 11) is 0. The van der Waals surface area contributed by atoms with Gasteiger partial charge in [0.05, 0.1) is 22.3 Å². The first-order valence-electron chi connectivity index (χ1n) is 11.4. The molecule has 2 aromatic heterocycles. The third-order valence-corrected chi connectivity index (χ3v) is 5.84. The van der Waals surface area contributed by atoms with Crippen molar-refractivity contribution in [1.29, 1.82) is 0 Å². The van der Waals surface area contributed by atoms with Gasteiger partial charge in [-0.2, -0.15) is 13.2 Å². The van der Waals surface area contributed by atoms with Crippen LogP contribution >= 0.6 is 0 Å². The number of nitrogens with one attached hydrogen (secondary N) is 4. The molecule has 10 nitrogen and oxygen atoms in total. The van der Waals surface area contributed by atoms with E-state index in [2.05, 4.69) is 30.9 Å². The summed E-state index contributed by atoms with van der Waals surface area (Å²) in [6.07, 6.45) is -2.48. The van der Waals surface area contributed by atoms with Gasteiger partial charge in [0.15, 0.2) is 12.3 Å². The van der Waals surface area contributed by atoms with Crippen LogP contribution in [0.5, 0.6) is 5.75 Å². The molecule has 0 aliphatic carbocycles. The summed E-state index contributed by atoms with van der Waals surface area (Å²) in [6, 6.07) is 7.50. The lowest BCUT2D eigenvalue weighted by atomic mass is 10.1. The number of carbonyl (C=O) groups is 3. The van der Waals surface area contributed by atoms with Crippen molar-refractivity contribution in [2.24, 2.45) is 0 Å². The molecule has 5 rings (SSSR count). The number of benzene rings is 2. The van der Waals surface area contributed by atoms with Crippen LogP contribution in [-0.2, 0) is 24.1 Å². The van der Waals surface area contributed by atoms with E-state index in [0.29, 0.717) is 29.1 Å². The second kappa shape index (κ2) is 10.0. The summed E-state index contributed by atoms with van der Waals surface area (Å²) in [5, 5.41) is 7.85. The predicted molar refractivity (Wildman–Crippen MR) is 128 cm³/mol. The van der Waals surface area contributed by atoms with Crippen LogP contribution in [0.25, 0.3) is 11.0 Å². The van der Waals surface area contributed by atoms with Gasteiger partial charge in [-0.15, -0.1) is 0 Å². The van der Waals surface area contributed by atoms with E-state index in [4.69, 9.17) is 4.74 Å². The normalized spacial score (nSPS) is 12.9. The number of aromatic nitrogens is 3. The van der Waals surface area contributed by atoms with E-state index in [-0.39, 0.29) is 53.5 Å². The largest absolute Gasteiger partial charge is 0.482 e. The molecule has 14 heteroatoms. The first kappa shape index (κ1) is 25.6. The van der Waals surface area contributed by atoms with Gasteiger partial charge in [-0.1, -0.05) is 12.1 Å². The number of aromatic amines is 1. The third-order valence-electron chi connectivity index (χ3n) is 5.84. The smallest absolute Gasteiger partial charge is 0.419 e. The zero-order valence-corrected chi connectivity index (χ0v) is 19.8. The van der Waals surface area contributed by atoms with Gasteiger partial charge in [-0.25, -0.2) is 14.4 Å². The SMILES string of the molecule is O=C1COc2ccc(CNC(=O)c3ncnc4c(C(=O)NCc5ccc(F)c(C(F)(F)F)c5)c[nH]c34)cc2N1. The molecule has 0 saturated carbocycles. The molecule has 39 heavy (non-hydrogen) atoms. The molecular weight excluding hydrogens is 524 g/mol. The molecule has 4 aromatic rings. The first-order valence-corrected chi connectivity index (χ1v) is 11.4. The van der Waals surface area contributed by atoms with E-state index < -0.39 is 29.4 Å². The zero-order chi connectivity index (χ0) is 27.7. The van der Waals surface area contributed by atoms with Crippen LogP contribution in [0, 0.1) is 5.82 Å². The molecule has 3 heterocycles. The highest BCUT2D eigenvalue weighted by Gasteiger charge is 2.34. The Hall–Kier alpha value is -5.01. The second-order valence-corrected chi connectivity index (χ2v) is 8.49. The number of ether oxygens (including phenoxy) is 1. The zero-order valence-electron chi connectivity index (χ0n) is 19.8. The quantitative estimate of drug-likeness (QED) is 0.276. The Kier molecular flexibility index (Phi) is 6.60. The molecule has 0 atom stereocenters. The van der Waals surface area contributed by atoms with Crippen LogP contribution in [-0.4, -0.2) is 39.3 Å². The van der Waals surface area contributed by atoms with E-state index in [1.165, 1.54) is 6.20 Å². The Morgan fingerprint density at radius 1 is 1.00 bits per heavy atom. The predicted octanol–water partition coefficient (Wildman–Crippen LogP) is 3.31. The highest BCUT2D eigenvalue weighted by atomic mass is 19.4. The summed E-state index contributed by atoms with van der Waals surface area (Å²) in [4.78, 5) is 48.0. The molecule has 2 aromatic carbocycles. The van der Waals surface area contributed by atoms with Crippen molar-refractivity contribution >= 4 is 34.4 Å². The van der Waals surface area contributed by atoms with Crippen molar-refractivity contribution in [3.05, 3.63) is 82.7 Å². The Bertz CT molecular complexity index is 1620. The lowest BCUT2D eigenvalue weighted by Gasteiger charge is -2.18. The van der Waals surface area contributed by atoms with Crippen molar-refractivity contribution < 1.29 is 36.7 Å². The summed E-state index contributed by atoms with van der Waals surface area (Å²) in [5.74, 6) is -2.44. The maximum atomic E-state index is 13.5. The molecular formula is C25H18F4N6O4. The molecule has 3 amide bonds. The number of halogens is 4. The highest BCUT2D eigenvalue weighted by Crippen LogP contribution is 2.32. The first-order chi connectivity index (χ1) is 18.6. The van der Waals surface area contributed by atoms with Gasteiger partial charge in [-0.3, -0.25) is 14.4 Å². The summed E-state index contributed by atoms with van der Waals surface area (Å²) < 4.78 is 57.7. The number of hydrogen-bond donors (Lipinski definition) is 4. The third kappa shape index (κ3) is 5.35. The number of fused-ring (bicyclic) bond motifs is 2. The topological polar surface area (TPSA) is 138 Å². The minimum atomic E-state index is -4.88. The van der Waals surface area contributed by atoms with Crippen molar-refractivity contribution in [3.63, 3.8) is 0 Å². The van der Waals surface area contributed by atoms with E-state index in [9.17, 15) is 31.9 Å². The van der Waals surface area contributed by atoms with E-state index in [0.717, 1.165) is 12.4 Å². The van der Waals surface area contributed by atoms with Gasteiger partial charge >= 0.3 is 6.18 Å². The van der Waals surface area contributed by atoms with Gasteiger partial charge in [0.25, 0.3) is 17.7 Å². The maximum Gasteiger partial charge on any atom is 0.419 e. The standard InChI is InChI=1S/C25H18F4N6O4/c26-16-3-1-12(5-15(16)25(27,28)29)7-31-23(37)14-9-30-21-20(14)33-11-34-22(21)24(38)32-8-13-2-4-18-17(6-13)35-19(36)10-39-18/h1-6,9,11,30H,7-8,10H2,(H,31,37)(H,32,38)(H,35,36). The molecule has 0 saturated heterocycles. The molecule has 0 bridgehead atoms. The second-order valence-electron chi connectivity index (χ2n) is 8.49. The number of anilines is 1. The fraction of sp³-hybridized carbons (Fsp3) is 0.160. The molecule has 1 aliphatic rings. The molecule has 0 spiro atoms. The molecule has 0 fully saturated rings. The van der Waals surface area contributed by atoms with Gasteiger partial charge in [0.1, 0.15) is 23.4 Å². The molecule has 1 aliphatic heterocycles. The molecule has 0 unspecified atom stereocenters. The lowest BCUT2D eigenvalue weighted by molar-refractivity contribution is -0.140. The number of rotatable bonds is 6. The minimum Gasteiger partial charge on any atom is -0.482 e. The number of hydrogen-bond acceptors (Lipinski definition) is 6.